The van der Waals surface area contributed by atoms with E-state index >= 15 is 0 Å². The largest absolute Gasteiger partial charge is 0.466 e. The van der Waals surface area contributed by atoms with Gasteiger partial charge in [0, 0.05) is 11.8 Å². The van der Waals surface area contributed by atoms with Crippen molar-refractivity contribution in [2.75, 3.05) is 6.61 Å². The summed E-state index contributed by atoms with van der Waals surface area (Å²) < 4.78 is 9.99. The van der Waals surface area contributed by atoms with Gasteiger partial charge in [-0.15, -0.1) is 0 Å². The minimum absolute atomic E-state index is 0.0481. The molecular weight excluding hydrogens is 172 g/mol. The normalized spacial score (nSPS) is 49.6. The van der Waals surface area contributed by atoms with Crippen molar-refractivity contribution in [2.45, 2.75) is 19.1 Å². The number of fused-ring (bicyclic) bond motifs is 3. The maximum Gasteiger partial charge on any atom is 0.310 e. The molecule has 0 bridgehead atoms. The SMILES string of the molecule is CCOC(=O)[C@H]1[C@H]2C(=O)[C@H]3O[C@H]3[C@@H]21. The second-order valence-corrected chi connectivity index (χ2v) is 3.80. The highest BCUT2D eigenvalue weighted by Gasteiger charge is 2.77. The van der Waals surface area contributed by atoms with Crippen molar-refractivity contribution in [3.8, 4) is 0 Å². The Kier molecular flexibility index (Phi) is 1.22. The van der Waals surface area contributed by atoms with Gasteiger partial charge >= 0.3 is 5.97 Å². The molecule has 5 atom stereocenters. The number of Topliss-reactive ketones (excluding diaryl/α,β-unsaturated/α-hetero) is 1. The van der Waals surface area contributed by atoms with Crippen LogP contribution in [0.25, 0.3) is 0 Å². The molecule has 3 fully saturated rings. The second kappa shape index (κ2) is 2.12. The van der Waals surface area contributed by atoms with E-state index in [1.54, 1.807) is 6.92 Å². The molecule has 1 aliphatic heterocycles. The number of hydrogen-bond donors (Lipinski definition) is 0. The number of epoxide rings is 1. The van der Waals surface area contributed by atoms with Gasteiger partial charge in [-0.25, -0.2) is 0 Å². The second-order valence-electron chi connectivity index (χ2n) is 3.80. The molecular formula is C9H10O4. The van der Waals surface area contributed by atoms with E-state index in [0.29, 0.717) is 6.61 Å². The van der Waals surface area contributed by atoms with E-state index in [0.717, 1.165) is 0 Å². The van der Waals surface area contributed by atoms with Crippen molar-refractivity contribution in [3.63, 3.8) is 0 Å². The Hall–Kier alpha value is -0.900. The molecule has 70 valence electrons. The highest BCUT2D eigenvalue weighted by molar-refractivity contribution is 6.00. The molecule has 0 unspecified atom stereocenters. The lowest BCUT2D eigenvalue weighted by atomic mass is 10.1. The van der Waals surface area contributed by atoms with Gasteiger partial charge in [0.15, 0.2) is 5.78 Å². The lowest BCUT2D eigenvalue weighted by Gasteiger charge is -2.00. The van der Waals surface area contributed by atoms with Gasteiger partial charge in [-0.1, -0.05) is 0 Å². The fraction of sp³-hybridized carbons (Fsp3) is 0.778. The van der Waals surface area contributed by atoms with E-state index in [9.17, 15) is 9.59 Å². The molecule has 4 heteroatoms. The minimum atomic E-state index is -0.222. The summed E-state index contributed by atoms with van der Waals surface area (Å²) in [6, 6.07) is 0. The molecule has 0 N–H and O–H groups in total. The number of ether oxygens (including phenoxy) is 2. The van der Waals surface area contributed by atoms with Crippen LogP contribution in [0, 0.1) is 17.8 Å². The van der Waals surface area contributed by atoms with Crippen LogP contribution in [-0.2, 0) is 19.1 Å². The average Bonchev–Trinajstić information content (AvgIpc) is 2.96. The molecule has 0 aromatic carbocycles. The molecule has 0 aromatic rings. The lowest BCUT2D eigenvalue weighted by Crippen LogP contribution is -2.16. The Bertz CT molecular complexity index is 298. The smallest absolute Gasteiger partial charge is 0.310 e. The fourth-order valence-electron chi connectivity index (χ4n) is 2.49. The van der Waals surface area contributed by atoms with Crippen LogP contribution in [0.3, 0.4) is 0 Å². The molecule has 13 heavy (non-hydrogen) atoms. The Morgan fingerprint density at radius 1 is 1.62 bits per heavy atom. The minimum Gasteiger partial charge on any atom is -0.466 e. The zero-order valence-electron chi connectivity index (χ0n) is 7.23. The molecule has 0 radical (unpaired) electrons. The highest BCUT2D eigenvalue weighted by atomic mass is 16.6. The van der Waals surface area contributed by atoms with E-state index < -0.39 is 0 Å². The Morgan fingerprint density at radius 2 is 2.38 bits per heavy atom. The van der Waals surface area contributed by atoms with Gasteiger partial charge in [0.2, 0.25) is 0 Å². The number of esters is 1. The summed E-state index contributed by atoms with van der Waals surface area (Å²) in [6.07, 6.45) is -0.118. The zero-order chi connectivity index (χ0) is 9.16. The van der Waals surface area contributed by atoms with Crippen molar-refractivity contribution < 1.29 is 19.1 Å². The van der Waals surface area contributed by atoms with Crippen LogP contribution in [0.5, 0.6) is 0 Å². The number of rotatable bonds is 2. The maximum absolute atomic E-state index is 11.4. The van der Waals surface area contributed by atoms with Crippen molar-refractivity contribution >= 4 is 11.8 Å². The van der Waals surface area contributed by atoms with Crippen molar-refractivity contribution in [1.82, 2.24) is 0 Å². The summed E-state index contributed by atoms with van der Waals surface area (Å²) in [5, 5.41) is 0. The molecule has 3 aliphatic rings. The fourth-order valence-corrected chi connectivity index (χ4v) is 2.49. The van der Waals surface area contributed by atoms with Crippen LogP contribution in [0.15, 0.2) is 0 Å². The predicted molar refractivity (Wildman–Crippen MR) is 40.8 cm³/mol. The third-order valence-electron chi connectivity index (χ3n) is 3.15. The first-order chi connectivity index (χ1) is 6.25. The van der Waals surface area contributed by atoms with Crippen molar-refractivity contribution in [3.05, 3.63) is 0 Å². The van der Waals surface area contributed by atoms with E-state index in [-0.39, 0.29) is 41.7 Å². The first-order valence-corrected chi connectivity index (χ1v) is 4.61. The van der Waals surface area contributed by atoms with Crippen molar-refractivity contribution in [1.29, 1.82) is 0 Å². The van der Waals surface area contributed by atoms with Crippen LogP contribution >= 0.6 is 0 Å². The number of ketones is 1. The summed E-state index contributed by atoms with van der Waals surface area (Å²) in [5.41, 5.74) is 0. The standard InChI is InChI=1S/C9H10O4/c1-2-12-9(11)5-3-4(5)7-8(13-7)6(3)10/h3-5,7-8H,2H2,1H3/t3-,4-,5-,7-,8+/m0/s1. The Labute approximate surface area is 75.2 Å². The molecule has 4 nitrogen and oxygen atoms in total. The first kappa shape index (κ1) is 7.50. The molecule has 3 rings (SSSR count). The number of hydrogen-bond acceptors (Lipinski definition) is 4. The molecule has 0 aromatic heterocycles. The summed E-state index contributed by atoms with van der Waals surface area (Å²) in [4.78, 5) is 22.7. The molecule has 1 heterocycles. The van der Waals surface area contributed by atoms with E-state index in [4.69, 9.17) is 9.47 Å². The van der Waals surface area contributed by atoms with Gasteiger partial charge in [0.05, 0.1) is 18.6 Å². The highest BCUT2D eigenvalue weighted by Crippen LogP contribution is 2.63. The summed E-state index contributed by atoms with van der Waals surface area (Å²) in [7, 11) is 0. The third kappa shape index (κ3) is 0.790. The van der Waals surface area contributed by atoms with E-state index in [1.807, 2.05) is 0 Å². The van der Waals surface area contributed by atoms with Crippen LogP contribution in [0.1, 0.15) is 6.92 Å². The average molecular weight is 182 g/mol. The molecule has 2 aliphatic carbocycles. The molecule has 0 amide bonds. The van der Waals surface area contributed by atoms with E-state index in [2.05, 4.69) is 0 Å². The van der Waals surface area contributed by atoms with Gasteiger partial charge in [0.25, 0.3) is 0 Å². The number of carbonyl (C=O) groups is 2. The quantitative estimate of drug-likeness (QED) is 0.437. The van der Waals surface area contributed by atoms with Crippen LogP contribution in [-0.4, -0.2) is 30.6 Å². The van der Waals surface area contributed by atoms with Gasteiger partial charge < -0.3 is 9.47 Å². The Morgan fingerprint density at radius 3 is 2.92 bits per heavy atom. The number of carbonyl (C=O) groups excluding carboxylic acids is 2. The van der Waals surface area contributed by atoms with Gasteiger partial charge in [-0.3, -0.25) is 9.59 Å². The summed E-state index contributed by atoms with van der Waals surface area (Å²) in [6.45, 7) is 2.16. The maximum atomic E-state index is 11.4. The predicted octanol–water partition coefficient (Wildman–Crippen LogP) is -0.238. The lowest BCUT2D eigenvalue weighted by molar-refractivity contribution is -0.146. The zero-order valence-corrected chi connectivity index (χ0v) is 7.23. The van der Waals surface area contributed by atoms with Gasteiger partial charge in [-0.05, 0) is 6.92 Å². The van der Waals surface area contributed by atoms with Crippen LogP contribution < -0.4 is 0 Å². The topological polar surface area (TPSA) is 55.9 Å². The Balaban J connectivity index is 1.72. The molecule has 0 spiro atoms. The van der Waals surface area contributed by atoms with Crippen molar-refractivity contribution in [2.24, 2.45) is 17.8 Å². The monoisotopic (exact) mass is 182 g/mol. The first-order valence-electron chi connectivity index (χ1n) is 4.61. The summed E-state index contributed by atoms with van der Waals surface area (Å²) >= 11 is 0. The molecule has 1 saturated heterocycles. The van der Waals surface area contributed by atoms with Crippen LogP contribution in [0.4, 0.5) is 0 Å². The van der Waals surface area contributed by atoms with Crippen LogP contribution in [0.2, 0.25) is 0 Å². The molecule has 2 saturated carbocycles. The van der Waals surface area contributed by atoms with Gasteiger partial charge in [-0.2, -0.15) is 0 Å². The van der Waals surface area contributed by atoms with Gasteiger partial charge in [0.1, 0.15) is 6.10 Å². The summed E-state index contributed by atoms with van der Waals surface area (Å²) in [5.74, 6) is -0.205. The third-order valence-corrected chi connectivity index (χ3v) is 3.15. The van der Waals surface area contributed by atoms with E-state index in [1.165, 1.54) is 0 Å².